The Kier molecular flexibility index (Phi) is 4.20. The number of nitrogens with one attached hydrogen (secondary N) is 1. The molecule has 0 unspecified atom stereocenters. The minimum absolute atomic E-state index is 0.205. The van der Waals surface area contributed by atoms with Crippen molar-refractivity contribution in [3.63, 3.8) is 0 Å². The molecule has 0 saturated heterocycles. The molecule has 0 amide bonds. The molecule has 0 radical (unpaired) electrons. The maximum atomic E-state index is 9.44. The number of rotatable bonds is 3. The Labute approximate surface area is 73.3 Å². The molecule has 3 N–H and O–H groups in total. The van der Waals surface area contributed by atoms with E-state index in [1.54, 1.807) is 13.8 Å². The standard InChI is InChI=1S/C8H18N2O2/c1-6(2)5-9-7(10-12)8(3,4)11/h6,11-12H,5H2,1-4H3,(H,9,10). The Morgan fingerprint density at radius 1 is 1.50 bits per heavy atom. The smallest absolute Gasteiger partial charge is 0.152 e. The van der Waals surface area contributed by atoms with Crippen molar-refractivity contribution >= 4 is 5.84 Å². The average molecular weight is 174 g/mol. The molecular weight excluding hydrogens is 156 g/mol. The van der Waals surface area contributed by atoms with Crippen LogP contribution >= 0.6 is 0 Å². The zero-order valence-electron chi connectivity index (χ0n) is 8.13. The highest BCUT2D eigenvalue weighted by Crippen LogP contribution is 2.03. The van der Waals surface area contributed by atoms with E-state index in [0.717, 1.165) is 0 Å². The van der Waals surface area contributed by atoms with Crippen molar-refractivity contribution in [3.05, 3.63) is 0 Å². The lowest BCUT2D eigenvalue weighted by Crippen LogP contribution is -2.41. The van der Waals surface area contributed by atoms with E-state index in [1.807, 2.05) is 19.3 Å². The fourth-order valence-electron chi connectivity index (χ4n) is 0.639. The Hall–Kier alpha value is -0.610. The molecule has 4 heteroatoms. The topological polar surface area (TPSA) is 64.9 Å². The number of hydroxylamine groups is 1. The first-order valence-electron chi connectivity index (χ1n) is 4.05. The van der Waals surface area contributed by atoms with Crippen molar-refractivity contribution in [1.82, 2.24) is 5.48 Å². The van der Waals surface area contributed by atoms with Gasteiger partial charge in [-0.3, -0.25) is 15.7 Å². The van der Waals surface area contributed by atoms with Crippen LogP contribution in [0.3, 0.4) is 0 Å². The predicted molar refractivity (Wildman–Crippen MR) is 48.4 cm³/mol. The molecule has 0 spiro atoms. The Balaban J connectivity index is 4.24. The average Bonchev–Trinajstić information content (AvgIpc) is 1.85. The fourth-order valence-corrected chi connectivity index (χ4v) is 0.639. The van der Waals surface area contributed by atoms with Crippen LogP contribution in [0.2, 0.25) is 0 Å². The fraction of sp³-hybridized carbons (Fsp3) is 0.875. The van der Waals surface area contributed by atoms with Gasteiger partial charge in [0.05, 0.1) is 0 Å². The second kappa shape index (κ2) is 4.42. The van der Waals surface area contributed by atoms with E-state index in [-0.39, 0.29) is 5.84 Å². The molecule has 12 heavy (non-hydrogen) atoms. The third kappa shape index (κ3) is 4.31. The van der Waals surface area contributed by atoms with Gasteiger partial charge < -0.3 is 5.11 Å². The van der Waals surface area contributed by atoms with Crippen molar-refractivity contribution < 1.29 is 10.3 Å². The zero-order chi connectivity index (χ0) is 9.78. The number of aliphatic imine (C=N–C) groups is 1. The molecule has 0 atom stereocenters. The van der Waals surface area contributed by atoms with Gasteiger partial charge in [0, 0.05) is 6.54 Å². The SMILES string of the molecule is CC(C)CN=C(NO)C(C)(C)O. The lowest BCUT2D eigenvalue weighted by molar-refractivity contribution is 0.126. The van der Waals surface area contributed by atoms with Crippen molar-refractivity contribution in [2.24, 2.45) is 10.9 Å². The van der Waals surface area contributed by atoms with Gasteiger partial charge in [-0.15, -0.1) is 0 Å². The highest BCUT2D eigenvalue weighted by Gasteiger charge is 2.20. The van der Waals surface area contributed by atoms with Crippen molar-refractivity contribution in [3.8, 4) is 0 Å². The van der Waals surface area contributed by atoms with Crippen LogP contribution in [-0.2, 0) is 0 Å². The van der Waals surface area contributed by atoms with E-state index in [0.29, 0.717) is 12.5 Å². The lowest BCUT2D eigenvalue weighted by atomic mass is 10.1. The van der Waals surface area contributed by atoms with Crippen LogP contribution in [0.25, 0.3) is 0 Å². The summed E-state index contributed by atoms with van der Waals surface area (Å²) < 4.78 is 0. The van der Waals surface area contributed by atoms with E-state index in [2.05, 4.69) is 4.99 Å². The summed E-state index contributed by atoms with van der Waals surface area (Å²) in [6.07, 6.45) is 0. The molecular formula is C8H18N2O2. The summed E-state index contributed by atoms with van der Waals surface area (Å²) >= 11 is 0. The number of nitrogens with zero attached hydrogens (tertiary/aromatic N) is 1. The lowest BCUT2D eigenvalue weighted by Gasteiger charge is -2.19. The Morgan fingerprint density at radius 3 is 2.25 bits per heavy atom. The molecule has 72 valence electrons. The first kappa shape index (κ1) is 11.4. The Morgan fingerprint density at radius 2 is 2.00 bits per heavy atom. The molecule has 0 aliphatic heterocycles. The minimum atomic E-state index is -1.11. The quantitative estimate of drug-likeness (QED) is 0.337. The number of amidine groups is 1. The van der Waals surface area contributed by atoms with Crippen molar-refractivity contribution in [2.45, 2.75) is 33.3 Å². The monoisotopic (exact) mass is 174 g/mol. The minimum Gasteiger partial charge on any atom is -0.382 e. The van der Waals surface area contributed by atoms with Crippen LogP contribution in [0.1, 0.15) is 27.7 Å². The summed E-state index contributed by atoms with van der Waals surface area (Å²) in [5.74, 6) is 0.618. The molecule has 0 bridgehead atoms. The maximum Gasteiger partial charge on any atom is 0.152 e. The largest absolute Gasteiger partial charge is 0.382 e. The summed E-state index contributed by atoms with van der Waals surface area (Å²) in [7, 11) is 0. The van der Waals surface area contributed by atoms with E-state index >= 15 is 0 Å². The van der Waals surface area contributed by atoms with E-state index in [1.165, 1.54) is 0 Å². The number of hydrogen-bond acceptors (Lipinski definition) is 3. The van der Waals surface area contributed by atoms with Crippen LogP contribution < -0.4 is 5.48 Å². The summed E-state index contributed by atoms with van der Waals surface area (Å²) in [6, 6.07) is 0. The highest BCUT2D eigenvalue weighted by atomic mass is 16.5. The summed E-state index contributed by atoms with van der Waals surface area (Å²) in [4.78, 5) is 4.02. The first-order valence-corrected chi connectivity index (χ1v) is 4.05. The predicted octanol–water partition coefficient (Wildman–Crippen LogP) is 0.791. The number of hydrogen-bond donors (Lipinski definition) is 3. The van der Waals surface area contributed by atoms with E-state index < -0.39 is 5.60 Å². The van der Waals surface area contributed by atoms with Crippen LogP contribution in [0.15, 0.2) is 4.99 Å². The van der Waals surface area contributed by atoms with Gasteiger partial charge in [-0.25, -0.2) is 0 Å². The van der Waals surface area contributed by atoms with Crippen LogP contribution in [0.4, 0.5) is 0 Å². The third-order valence-corrected chi connectivity index (χ3v) is 1.30. The number of aliphatic hydroxyl groups is 1. The summed E-state index contributed by atoms with van der Waals surface area (Å²) in [6.45, 7) is 7.75. The first-order chi connectivity index (χ1) is 5.38. The van der Waals surface area contributed by atoms with Gasteiger partial charge >= 0.3 is 0 Å². The van der Waals surface area contributed by atoms with Crippen LogP contribution in [0, 0.1) is 5.92 Å². The summed E-state index contributed by atoms with van der Waals surface area (Å²) in [5.41, 5.74) is 0.790. The van der Waals surface area contributed by atoms with Crippen molar-refractivity contribution in [1.29, 1.82) is 0 Å². The van der Waals surface area contributed by atoms with Gasteiger partial charge in [0.25, 0.3) is 0 Å². The molecule has 0 fully saturated rings. The van der Waals surface area contributed by atoms with Gasteiger partial charge in [-0.1, -0.05) is 13.8 Å². The van der Waals surface area contributed by atoms with Crippen LogP contribution in [0.5, 0.6) is 0 Å². The van der Waals surface area contributed by atoms with Gasteiger partial charge in [-0.05, 0) is 19.8 Å². The molecule has 4 nitrogen and oxygen atoms in total. The van der Waals surface area contributed by atoms with Gasteiger partial charge in [0.1, 0.15) is 5.60 Å². The van der Waals surface area contributed by atoms with E-state index in [9.17, 15) is 5.11 Å². The highest BCUT2D eigenvalue weighted by molar-refractivity contribution is 5.88. The van der Waals surface area contributed by atoms with Gasteiger partial charge in [-0.2, -0.15) is 0 Å². The Bertz CT molecular complexity index is 159. The molecule has 0 aliphatic rings. The molecule has 0 rings (SSSR count). The maximum absolute atomic E-state index is 9.44. The van der Waals surface area contributed by atoms with E-state index in [4.69, 9.17) is 5.21 Å². The molecule has 0 heterocycles. The van der Waals surface area contributed by atoms with Gasteiger partial charge in [0.2, 0.25) is 0 Å². The second-order valence-electron chi connectivity index (χ2n) is 3.75. The molecule has 0 aromatic heterocycles. The molecule has 0 aliphatic carbocycles. The molecule has 0 aromatic carbocycles. The third-order valence-electron chi connectivity index (χ3n) is 1.30. The van der Waals surface area contributed by atoms with Crippen molar-refractivity contribution in [2.75, 3.05) is 6.54 Å². The van der Waals surface area contributed by atoms with Gasteiger partial charge in [0.15, 0.2) is 5.84 Å². The second-order valence-corrected chi connectivity index (χ2v) is 3.75. The zero-order valence-corrected chi connectivity index (χ0v) is 8.13. The molecule has 0 aromatic rings. The normalized spacial score (nSPS) is 13.8. The summed E-state index contributed by atoms with van der Waals surface area (Å²) in [5, 5.41) is 18.1. The molecule has 0 saturated carbocycles. The van der Waals surface area contributed by atoms with Crippen LogP contribution in [-0.4, -0.2) is 28.3 Å².